The maximum Gasteiger partial charge on any atom is 0.243 e. The Balaban J connectivity index is 1.42. The van der Waals surface area contributed by atoms with E-state index < -0.39 is 17.6 Å². The predicted octanol–water partition coefficient (Wildman–Crippen LogP) is 2.43. The number of piperidine rings is 1. The summed E-state index contributed by atoms with van der Waals surface area (Å²) >= 11 is 6.10. The summed E-state index contributed by atoms with van der Waals surface area (Å²) in [5.41, 5.74) is 5.04. The molecule has 12 heteroatoms. The fourth-order valence-corrected chi connectivity index (χ4v) is 5.62. The van der Waals surface area contributed by atoms with Crippen molar-refractivity contribution in [2.75, 3.05) is 43.0 Å². The Labute approximate surface area is 203 Å². The molecule has 2 unspecified atom stereocenters. The quantitative estimate of drug-likeness (QED) is 0.206. The molecule has 0 aromatic carbocycles. The molecule has 0 bridgehead atoms. The highest BCUT2D eigenvalue weighted by Gasteiger charge is 2.32. The average molecular weight is 498 g/mol. The van der Waals surface area contributed by atoms with Gasteiger partial charge in [-0.3, -0.25) is 30.5 Å². The molecule has 2 aliphatic heterocycles. The molecule has 4 rings (SSSR count). The van der Waals surface area contributed by atoms with E-state index in [4.69, 9.17) is 11.6 Å². The molecular weight excluding hydrogens is 465 g/mol. The molecule has 2 atom stereocenters. The molecule has 0 spiro atoms. The number of fused-ring (bicyclic) bond motifs is 1. The highest BCUT2D eigenvalue weighted by Crippen LogP contribution is 2.31. The Hall–Kier alpha value is -2.24. The van der Waals surface area contributed by atoms with Gasteiger partial charge in [-0.25, -0.2) is 5.06 Å². The number of aromatic nitrogens is 2. The first kappa shape index (κ1) is 24.9. The van der Waals surface area contributed by atoms with E-state index in [1.807, 2.05) is 4.90 Å². The number of nitrogens with zero attached hydrogens (tertiary/aromatic N) is 5. The minimum Gasteiger partial charge on any atom is -0.351 e. The molecule has 0 radical (unpaired) electrons. The number of piperazine rings is 1. The fraction of sp³-hybridized carbons (Fsp3) is 0.727. The second kappa shape index (κ2) is 11.5. The molecule has 1 aliphatic carbocycles. The van der Waals surface area contributed by atoms with Crippen LogP contribution in [0.4, 0.5) is 16.0 Å². The molecular formula is C22H33ClFN7O3. The first-order chi connectivity index (χ1) is 16.4. The van der Waals surface area contributed by atoms with Crippen molar-refractivity contribution in [2.45, 2.75) is 57.4 Å². The predicted molar refractivity (Wildman–Crippen MR) is 125 cm³/mol. The monoisotopic (exact) mass is 497 g/mol. The summed E-state index contributed by atoms with van der Waals surface area (Å²) in [6, 6.07) is 0.363. The summed E-state index contributed by atoms with van der Waals surface area (Å²) in [6.07, 6.45) is 8.47. The van der Waals surface area contributed by atoms with Gasteiger partial charge in [-0.05, 0) is 43.3 Å². The van der Waals surface area contributed by atoms with Crippen LogP contribution in [0.15, 0.2) is 0 Å². The zero-order chi connectivity index (χ0) is 24.1. The summed E-state index contributed by atoms with van der Waals surface area (Å²) in [6.45, 7) is 3.06. The van der Waals surface area contributed by atoms with Crippen molar-refractivity contribution in [2.24, 2.45) is 11.8 Å². The maximum atomic E-state index is 15.4. The third-order valence-electron chi connectivity index (χ3n) is 7.24. The number of rotatable bonds is 9. The number of carbonyl (C=O) groups is 2. The van der Waals surface area contributed by atoms with Gasteiger partial charge in [0.2, 0.25) is 23.4 Å². The van der Waals surface area contributed by atoms with E-state index >= 15 is 4.39 Å². The Morgan fingerprint density at radius 3 is 2.74 bits per heavy atom. The second-order valence-electron chi connectivity index (χ2n) is 9.54. The van der Waals surface area contributed by atoms with Gasteiger partial charge in [0.25, 0.3) is 0 Å². The molecule has 2 amide bonds. The van der Waals surface area contributed by atoms with E-state index in [2.05, 4.69) is 25.7 Å². The molecule has 1 aromatic rings. The van der Waals surface area contributed by atoms with Gasteiger partial charge in [-0.15, -0.1) is 0 Å². The Kier molecular flexibility index (Phi) is 8.38. The number of amides is 2. The lowest BCUT2D eigenvalue weighted by molar-refractivity contribution is -0.154. The van der Waals surface area contributed by atoms with Gasteiger partial charge >= 0.3 is 0 Å². The summed E-state index contributed by atoms with van der Waals surface area (Å²) in [5, 5.41) is 9.98. The number of hydrogen-bond acceptors (Lipinski definition) is 8. The molecule has 3 fully saturated rings. The van der Waals surface area contributed by atoms with Gasteiger partial charge < -0.3 is 4.90 Å². The lowest BCUT2D eigenvalue weighted by Crippen LogP contribution is -2.55. The third kappa shape index (κ3) is 6.05. The molecule has 10 nitrogen and oxygen atoms in total. The van der Waals surface area contributed by atoms with Crippen LogP contribution < -0.4 is 15.8 Å². The topological polar surface area (TPSA) is 114 Å². The van der Waals surface area contributed by atoms with Crippen molar-refractivity contribution < 1.29 is 19.2 Å². The number of hydrogen-bond donors (Lipinski definition) is 3. The van der Waals surface area contributed by atoms with Crippen molar-refractivity contribution in [3.8, 4) is 0 Å². The number of hydrazine groups is 1. The lowest BCUT2D eigenvalue weighted by atomic mass is 9.92. The van der Waals surface area contributed by atoms with E-state index in [1.54, 1.807) is 0 Å². The molecule has 3 aliphatic rings. The largest absolute Gasteiger partial charge is 0.351 e. The Bertz CT molecular complexity index is 873. The Morgan fingerprint density at radius 1 is 1.21 bits per heavy atom. The fourth-order valence-electron chi connectivity index (χ4n) is 5.45. The number of carbonyl (C=O) groups excluding carboxylic acids is 2. The second-order valence-corrected chi connectivity index (χ2v) is 9.87. The molecule has 1 saturated carbocycles. The van der Waals surface area contributed by atoms with E-state index in [9.17, 15) is 14.8 Å². The minimum absolute atomic E-state index is 0.118. The van der Waals surface area contributed by atoms with E-state index in [0.29, 0.717) is 36.5 Å². The number of nitrogens with one attached hydrogen (secondary N) is 2. The number of anilines is 2. The van der Waals surface area contributed by atoms with E-state index in [1.165, 1.54) is 6.42 Å². The van der Waals surface area contributed by atoms with Crippen molar-refractivity contribution in [1.82, 2.24) is 25.4 Å². The van der Waals surface area contributed by atoms with Crippen molar-refractivity contribution >= 4 is 35.6 Å². The van der Waals surface area contributed by atoms with Gasteiger partial charge in [0, 0.05) is 25.7 Å². The van der Waals surface area contributed by atoms with Crippen LogP contribution >= 0.6 is 11.6 Å². The zero-order valence-corrected chi connectivity index (χ0v) is 20.0. The molecule has 34 heavy (non-hydrogen) atoms. The van der Waals surface area contributed by atoms with Gasteiger partial charge in [0.15, 0.2) is 11.6 Å². The van der Waals surface area contributed by atoms with Crippen LogP contribution in [0.25, 0.3) is 0 Å². The van der Waals surface area contributed by atoms with Crippen LogP contribution in [0.3, 0.4) is 0 Å². The molecule has 188 valence electrons. The SMILES string of the molecule is O=CN(O)CC(CC1CCCC1)C(=O)NNc1nc(Cl)nc(N2CCN3CCCCC3C2)c1F. The maximum absolute atomic E-state index is 15.4. The number of halogens is 2. The highest BCUT2D eigenvalue weighted by atomic mass is 35.5. The summed E-state index contributed by atoms with van der Waals surface area (Å²) in [7, 11) is 0. The highest BCUT2D eigenvalue weighted by molar-refractivity contribution is 6.28. The Morgan fingerprint density at radius 2 is 1.97 bits per heavy atom. The molecule has 3 N–H and O–H groups in total. The van der Waals surface area contributed by atoms with Crippen molar-refractivity contribution in [1.29, 1.82) is 0 Å². The van der Waals surface area contributed by atoms with Crippen LogP contribution in [-0.2, 0) is 9.59 Å². The lowest BCUT2D eigenvalue weighted by Gasteiger charge is -2.44. The summed E-state index contributed by atoms with van der Waals surface area (Å²) in [4.78, 5) is 36.1. The van der Waals surface area contributed by atoms with Gasteiger partial charge in [0.05, 0.1) is 12.5 Å². The van der Waals surface area contributed by atoms with Crippen LogP contribution in [0, 0.1) is 17.7 Å². The van der Waals surface area contributed by atoms with Gasteiger partial charge in [-0.1, -0.05) is 32.1 Å². The number of hydroxylamine groups is 2. The van der Waals surface area contributed by atoms with Gasteiger partial charge in [0.1, 0.15) is 0 Å². The molecule has 3 heterocycles. The zero-order valence-electron chi connectivity index (χ0n) is 19.3. The van der Waals surface area contributed by atoms with Crippen LogP contribution in [0.1, 0.15) is 51.4 Å². The van der Waals surface area contributed by atoms with E-state index in [0.717, 1.165) is 51.6 Å². The van der Waals surface area contributed by atoms with Crippen LogP contribution in [-0.4, -0.2) is 76.2 Å². The molecule has 2 saturated heterocycles. The average Bonchev–Trinajstić information content (AvgIpc) is 3.36. The summed E-state index contributed by atoms with van der Waals surface area (Å²) in [5.74, 6) is -1.54. The van der Waals surface area contributed by atoms with Crippen molar-refractivity contribution in [3.63, 3.8) is 0 Å². The van der Waals surface area contributed by atoms with Crippen LogP contribution in [0.5, 0.6) is 0 Å². The normalized spacial score (nSPS) is 22.2. The summed E-state index contributed by atoms with van der Waals surface area (Å²) < 4.78 is 15.4. The smallest absolute Gasteiger partial charge is 0.243 e. The minimum atomic E-state index is -0.682. The standard InChI is InChI=1S/C22H33ClFN7O3/c23-22-25-19(18(24)20(26-22)30-10-9-29-8-4-3-7-17(29)13-30)27-28-21(33)16(12-31(34)14-32)11-15-5-1-2-6-15/h14-17,34H,1-13H2,(H,28,33)(H,25,26,27). The van der Waals surface area contributed by atoms with Gasteiger partial charge in [-0.2, -0.15) is 14.4 Å². The third-order valence-corrected chi connectivity index (χ3v) is 7.41. The molecule has 1 aromatic heterocycles. The van der Waals surface area contributed by atoms with Crippen molar-refractivity contribution in [3.05, 3.63) is 11.1 Å². The van der Waals surface area contributed by atoms with E-state index in [-0.39, 0.29) is 29.9 Å². The first-order valence-corrected chi connectivity index (χ1v) is 12.5. The first-order valence-electron chi connectivity index (χ1n) is 12.1. The van der Waals surface area contributed by atoms with Crippen LogP contribution in [0.2, 0.25) is 5.28 Å².